The van der Waals surface area contributed by atoms with Gasteiger partial charge in [0.25, 0.3) is 0 Å². The van der Waals surface area contributed by atoms with E-state index in [-0.39, 0.29) is 0 Å². The van der Waals surface area contributed by atoms with Crippen molar-refractivity contribution >= 4 is 11.8 Å². The van der Waals surface area contributed by atoms with E-state index in [1.165, 1.54) is 17.1 Å². The molecule has 1 saturated heterocycles. The van der Waals surface area contributed by atoms with Gasteiger partial charge < -0.3 is 15.2 Å². The van der Waals surface area contributed by atoms with Crippen molar-refractivity contribution in [3.8, 4) is 11.5 Å². The second-order valence-electron chi connectivity index (χ2n) is 4.98. The van der Waals surface area contributed by atoms with Gasteiger partial charge >= 0.3 is 0 Å². The lowest BCUT2D eigenvalue weighted by Crippen LogP contribution is -2.22. The standard InChI is InChI=1S/C15H23NO2S/c1-11(10-16)12-3-4-14(15(9-12)17-2)18-13-5-7-19-8-6-13/h3-4,9,11,13H,5-8,10,16H2,1-2H3. The summed E-state index contributed by atoms with van der Waals surface area (Å²) in [6, 6.07) is 6.15. The summed E-state index contributed by atoms with van der Waals surface area (Å²) in [5.74, 6) is 4.39. The highest BCUT2D eigenvalue weighted by Crippen LogP contribution is 2.33. The number of benzene rings is 1. The number of hydrogen-bond donors (Lipinski definition) is 1. The Hall–Kier alpha value is -0.870. The monoisotopic (exact) mass is 281 g/mol. The molecule has 0 radical (unpaired) electrons. The van der Waals surface area contributed by atoms with Crippen LogP contribution in [0.25, 0.3) is 0 Å². The molecular formula is C15H23NO2S. The lowest BCUT2D eigenvalue weighted by molar-refractivity contribution is 0.184. The Kier molecular flexibility index (Phi) is 5.40. The van der Waals surface area contributed by atoms with Crippen LogP contribution >= 0.6 is 11.8 Å². The first kappa shape index (κ1) is 14.5. The van der Waals surface area contributed by atoms with Crippen LogP contribution in [0, 0.1) is 0 Å². The lowest BCUT2D eigenvalue weighted by Gasteiger charge is -2.24. The van der Waals surface area contributed by atoms with E-state index < -0.39 is 0 Å². The van der Waals surface area contributed by atoms with Crippen LogP contribution in [0.15, 0.2) is 18.2 Å². The van der Waals surface area contributed by atoms with Gasteiger partial charge in [0.2, 0.25) is 0 Å². The fraction of sp³-hybridized carbons (Fsp3) is 0.600. The second kappa shape index (κ2) is 7.06. The Morgan fingerprint density at radius 3 is 2.68 bits per heavy atom. The van der Waals surface area contributed by atoms with Crippen LogP contribution in [-0.2, 0) is 0 Å². The molecule has 4 heteroatoms. The normalized spacial score (nSPS) is 18.1. The van der Waals surface area contributed by atoms with Crippen LogP contribution in [0.3, 0.4) is 0 Å². The molecule has 0 saturated carbocycles. The highest BCUT2D eigenvalue weighted by Gasteiger charge is 2.17. The first-order valence-electron chi connectivity index (χ1n) is 6.87. The fourth-order valence-corrected chi connectivity index (χ4v) is 3.26. The van der Waals surface area contributed by atoms with Gasteiger partial charge in [-0.1, -0.05) is 13.0 Å². The molecule has 0 amide bonds. The molecule has 106 valence electrons. The van der Waals surface area contributed by atoms with Crippen LogP contribution in [-0.4, -0.2) is 31.3 Å². The van der Waals surface area contributed by atoms with Gasteiger partial charge in [0.05, 0.1) is 7.11 Å². The maximum atomic E-state index is 6.08. The molecule has 2 N–H and O–H groups in total. The molecule has 1 unspecified atom stereocenters. The zero-order valence-corrected chi connectivity index (χ0v) is 12.5. The van der Waals surface area contributed by atoms with E-state index in [4.69, 9.17) is 15.2 Å². The highest BCUT2D eigenvalue weighted by atomic mass is 32.2. The Morgan fingerprint density at radius 2 is 2.05 bits per heavy atom. The average Bonchev–Trinajstić information content (AvgIpc) is 2.48. The number of methoxy groups -OCH3 is 1. The Bertz CT molecular complexity index is 405. The van der Waals surface area contributed by atoms with Crippen molar-refractivity contribution in [2.75, 3.05) is 25.2 Å². The molecule has 0 spiro atoms. The van der Waals surface area contributed by atoms with E-state index in [0.29, 0.717) is 18.6 Å². The summed E-state index contributed by atoms with van der Waals surface area (Å²) in [6.07, 6.45) is 2.57. The minimum Gasteiger partial charge on any atom is -0.493 e. The van der Waals surface area contributed by atoms with Gasteiger partial charge in [-0.2, -0.15) is 11.8 Å². The average molecular weight is 281 g/mol. The quantitative estimate of drug-likeness (QED) is 0.901. The molecule has 1 fully saturated rings. The molecule has 1 heterocycles. The van der Waals surface area contributed by atoms with Crippen molar-refractivity contribution in [1.29, 1.82) is 0 Å². The summed E-state index contributed by atoms with van der Waals surface area (Å²) in [5, 5.41) is 0. The number of thioether (sulfide) groups is 1. The van der Waals surface area contributed by atoms with Gasteiger partial charge in [-0.25, -0.2) is 0 Å². The van der Waals surface area contributed by atoms with Crippen molar-refractivity contribution in [3.63, 3.8) is 0 Å². The molecule has 1 atom stereocenters. The number of hydrogen-bond acceptors (Lipinski definition) is 4. The van der Waals surface area contributed by atoms with E-state index in [0.717, 1.165) is 24.3 Å². The molecule has 3 nitrogen and oxygen atoms in total. The maximum Gasteiger partial charge on any atom is 0.161 e. The number of ether oxygens (including phenoxy) is 2. The molecule has 1 aliphatic rings. The molecule has 19 heavy (non-hydrogen) atoms. The SMILES string of the molecule is COc1cc(C(C)CN)ccc1OC1CCSCC1. The topological polar surface area (TPSA) is 44.5 Å². The molecule has 1 aromatic rings. The van der Waals surface area contributed by atoms with Crippen molar-refractivity contribution in [1.82, 2.24) is 0 Å². The van der Waals surface area contributed by atoms with Crippen molar-refractivity contribution < 1.29 is 9.47 Å². The number of nitrogens with two attached hydrogens (primary N) is 1. The smallest absolute Gasteiger partial charge is 0.161 e. The van der Waals surface area contributed by atoms with Crippen molar-refractivity contribution in [2.24, 2.45) is 5.73 Å². The third-order valence-corrected chi connectivity index (χ3v) is 4.62. The molecule has 0 bridgehead atoms. The van der Waals surface area contributed by atoms with Crippen LogP contribution in [0.4, 0.5) is 0 Å². The summed E-state index contributed by atoms with van der Waals surface area (Å²) < 4.78 is 11.5. The van der Waals surface area contributed by atoms with Crippen LogP contribution in [0.5, 0.6) is 11.5 Å². The maximum absolute atomic E-state index is 6.08. The second-order valence-corrected chi connectivity index (χ2v) is 6.20. The van der Waals surface area contributed by atoms with Crippen LogP contribution in [0.2, 0.25) is 0 Å². The zero-order valence-electron chi connectivity index (χ0n) is 11.7. The third-order valence-electron chi connectivity index (χ3n) is 3.57. The largest absolute Gasteiger partial charge is 0.493 e. The van der Waals surface area contributed by atoms with Crippen LogP contribution < -0.4 is 15.2 Å². The van der Waals surface area contributed by atoms with Gasteiger partial charge in [-0.3, -0.25) is 0 Å². The molecule has 0 aliphatic carbocycles. The summed E-state index contributed by atoms with van der Waals surface area (Å²) in [4.78, 5) is 0. The summed E-state index contributed by atoms with van der Waals surface area (Å²) in [6.45, 7) is 2.76. The summed E-state index contributed by atoms with van der Waals surface area (Å²) >= 11 is 2.00. The predicted molar refractivity (Wildman–Crippen MR) is 81.4 cm³/mol. The summed E-state index contributed by atoms with van der Waals surface area (Å²) in [7, 11) is 1.69. The Balaban J connectivity index is 2.11. The van der Waals surface area contributed by atoms with Crippen LogP contribution in [0.1, 0.15) is 31.2 Å². The van der Waals surface area contributed by atoms with E-state index in [1.54, 1.807) is 7.11 Å². The minimum atomic E-state index is 0.327. The molecule has 0 aromatic heterocycles. The minimum absolute atomic E-state index is 0.327. The lowest BCUT2D eigenvalue weighted by atomic mass is 10.0. The van der Waals surface area contributed by atoms with E-state index in [2.05, 4.69) is 13.0 Å². The molecule has 1 aliphatic heterocycles. The van der Waals surface area contributed by atoms with Gasteiger partial charge in [-0.15, -0.1) is 0 Å². The molecule has 2 rings (SSSR count). The van der Waals surface area contributed by atoms with Gasteiger partial charge in [0.15, 0.2) is 11.5 Å². The summed E-state index contributed by atoms with van der Waals surface area (Å²) in [5.41, 5.74) is 6.91. The van der Waals surface area contributed by atoms with E-state index in [9.17, 15) is 0 Å². The fourth-order valence-electron chi connectivity index (χ4n) is 2.20. The first-order valence-corrected chi connectivity index (χ1v) is 8.02. The zero-order chi connectivity index (χ0) is 13.7. The first-order chi connectivity index (χ1) is 9.24. The Labute approximate surface area is 119 Å². The van der Waals surface area contributed by atoms with Gasteiger partial charge in [0.1, 0.15) is 6.10 Å². The van der Waals surface area contributed by atoms with Gasteiger partial charge in [0, 0.05) is 0 Å². The van der Waals surface area contributed by atoms with Gasteiger partial charge in [-0.05, 0) is 54.5 Å². The molecule has 1 aromatic carbocycles. The Morgan fingerprint density at radius 1 is 1.32 bits per heavy atom. The van der Waals surface area contributed by atoms with Crippen molar-refractivity contribution in [2.45, 2.75) is 31.8 Å². The predicted octanol–water partition coefficient (Wildman–Crippen LogP) is 3.03. The highest BCUT2D eigenvalue weighted by molar-refractivity contribution is 7.99. The third kappa shape index (κ3) is 3.80. The van der Waals surface area contributed by atoms with Crippen molar-refractivity contribution in [3.05, 3.63) is 23.8 Å². The van der Waals surface area contributed by atoms with E-state index in [1.807, 2.05) is 23.9 Å². The van der Waals surface area contributed by atoms with E-state index >= 15 is 0 Å². The number of rotatable bonds is 5. The molecular weight excluding hydrogens is 258 g/mol.